The lowest BCUT2D eigenvalue weighted by Crippen LogP contribution is -2.40. The Kier molecular flexibility index (Phi) is 4.83. The van der Waals surface area contributed by atoms with Gasteiger partial charge in [0.05, 0.1) is 7.11 Å². The van der Waals surface area contributed by atoms with Gasteiger partial charge in [-0.05, 0) is 51.8 Å². The first-order valence-corrected chi connectivity index (χ1v) is 7.26. The normalized spacial score (nSPS) is 21.1. The van der Waals surface area contributed by atoms with Crippen LogP contribution in [0.3, 0.4) is 0 Å². The molecule has 3 nitrogen and oxygen atoms in total. The molecule has 1 aromatic carbocycles. The molecule has 0 saturated carbocycles. The van der Waals surface area contributed by atoms with Gasteiger partial charge < -0.3 is 10.5 Å². The molecule has 3 heteroatoms. The van der Waals surface area contributed by atoms with E-state index in [2.05, 4.69) is 30.9 Å². The minimum Gasteiger partial charge on any atom is -0.496 e. The second-order valence-corrected chi connectivity index (χ2v) is 5.65. The summed E-state index contributed by atoms with van der Waals surface area (Å²) in [5.41, 5.74) is 7.29. The molecule has 2 unspecified atom stereocenters. The summed E-state index contributed by atoms with van der Waals surface area (Å²) in [6, 6.07) is 9.05. The van der Waals surface area contributed by atoms with Crippen molar-refractivity contribution in [2.24, 2.45) is 11.7 Å². The molecular formula is C16H26N2O. The van der Waals surface area contributed by atoms with Crippen LogP contribution in [0.5, 0.6) is 5.75 Å². The molecule has 1 saturated heterocycles. The monoisotopic (exact) mass is 262 g/mol. The molecule has 1 heterocycles. The zero-order chi connectivity index (χ0) is 13.8. The molecule has 106 valence electrons. The highest BCUT2D eigenvalue weighted by atomic mass is 16.5. The van der Waals surface area contributed by atoms with E-state index >= 15 is 0 Å². The number of rotatable bonds is 4. The Morgan fingerprint density at radius 2 is 1.84 bits per heavy atom. The molecule has 0 amide bonds. The highest BCUT2D eigenvalue weighted by molar-refractivity contribution is 5.35. The van der Waals surface area contributed by atoms with Crippen molar-refractivity contribution in [3.63, 3.8) is 0 Å². The minimum atomic E-state index is 0.323. The van der Waals surface area contributed by atoms with Crippen LogP contribution >= 0.6 is 0 Å². The number of hydrogen-bond donors (Lipinski definition) is 1. The zero-order valence-electron chi connectivity index (χ0n) is 12.3. The molecule has 2 atom stereocenters. The lowest BCUT2D eigenvalue weighted by Gasteiger charge is -2.37. The van der Waals surface area contributed by atoms with Gasteiger partial charge in [-0.3, -0.25) is 4.90 Å². The first-order chi connectivity index (χ1) is 9.13. The van der Waals surface area contributed by atoms with Crippen LogP contribution in [-0.4, -0.2) is 31.1 Å². The van der Waals surface area contributed by atoms with E-state index in [4.69, 9.17) is 10.5 Å². The Balaban J connectivity index is 2.03. The third-order valence-electron chi connectivity index (χ3n) is 4.45. The first kappa shape index (κ1) is 14.4. The SMILES string of the molecule is COc1ccccc1C(C)N1CCC(C(C)N)CC1. The molecule has 2 N–H and O–H groups in total. The molecule has 0 radical (unpaired) electrons. The largest absolute Gasteiger partial charge is 0.496 e. The second kappa shape index (κ2) is 6.40. The summed E-state index contributed by atoms with van der Waals surface area (Å²) in [5.74, 6) is 1.67. The summed E-state index contributed by atoms with van der Waals surface area (Å²) < 4.78 is 5.47. The molecule has 19 heavy (non-hydrogen) atoms. The summed E-state index contributed by atoms with van der Waals surface area (Å²) in [4.78, 5) is 2.54. The number of hydrogen-bond acceptors (Lipinski definition) is 3. The maximum Gasteiger partial charge on any atom is 0.123 e. The van der Waals surface area contributed by atoms with Crippen molar-refractivity contribution in [2.45, 2.75) is 38.8 Å². The van der Waals surface area contributed by atoms with E-state index < -0.39 is 0 Å². The Hall–Kier alpha value is -1.06. The third-order valence-corrected chi connectivity index (χ3v) is 4.45. The number of nitrogens with zero attached hydrogens (tertiary/aromatic N) is 1. The smallest absolute Gasteiger partial charge is 0.123 e. The molecule has 0 spiro atoms. The van der Waals surface area contributed by atoms with Crippen LogP contribution in [0.1, 0.15) is 38.3 Å². The molecule has 1 aliphatic rings. The fourth-order valence-electron chi connectivity index (χ4n) is 3.04. The predicted molar refractivity (Wildman–Crippen MR) is 79.4 cm³/mol. The number of para-hydroxylation sites is 1. The van der Waals surface area contributed by atoms with E-state index in [9.17, 15) is 0 Å². The van der Waals surface area contributed by atoms with Gasteiger partial charge in [-0.2, -0.15) is 0 Å². The summed E-state index contributed by atoms with van der Waals surface area (Å²) in [6.45, 7) is 6.66. The molecule has 0 bridgehead atoms. The number of likely N-dealkylation sites (tertiary alicyclic amines) is 1. The van der Waals surface area contributed by atoms with Gasteiger partial charge >= 0.3 is 0 Å². The van der Waals surface area contributed by atoms with E-state index in [0.717, 1.165) is 18.8 Å². The molecular weight excluding hydrogens is 236 g/mol. The van der Waals surface area contributed by atoms with Crippen LogP contribution in [0.25, 0.3) is 0 Å². The van der Waals surface area contributed by atoms with Crippen molar-refractivity contribution in [3.05, 3.63) is 29.8 Å². The van der Waals surface area contributed by atoms with E-state index in [-0.39, 0.29) is 0 Å². The van der Waals surface area contributed by atoms with Crippen LogP contribution in [-0.2, 0) is 0 Å². The van der Waals surface area contributed by atoms with Gasteiger partial charge in [0.2, 0.25) is 0 Å². The van der Waals surface area contributed by atoms with Gasteiger partial charge in [-0.15, -0.1) is 0 Å². The fraction of sp³-hybridized carbons (Fsp3) is 0.625. The number of methoxy groups -OCH3 is 1. The van der Waals surface area contributed by atoms with Crippen LogP contribution in [0, 0.1) is 5.92 Å². The van der Waals surface area contributed by atoms with Gasteiger partial charge in [0.1, 0.15) is 5.75 Å². The average Bonchev–Trinajstić information content (AvgIpc) is 2.46. The summed E-state index contributed by atoms with van der Waals surface area (Å²) in [6.07, 6.45) is 2.41. The number of benzene rings is 1. The van der Waals surface area contributed by atoms with Crippen molar-refractivity contribution < 1.29 is 4.74 Å². The molecule has 1 aliphatic heterocycles. The van der Waals surface area contributed by atoms with E-state index in [1.54, 1.807) is 7.11 Å². The fourth-order valence-corrected chi connectivity index (χ4v) is 3.04. The predicted octanol–water partition coefficient (Wildman–Crippen LogP) is 2.82. The van der Waals surface area contributed by atoms with Gasteiger partial charge in [-0.25, -0.2) is 0 Å². The van der Waals surface area contributed by atoms with E-state index in [1.165, 1.54) is 18.4 Å². The van der Waals surface area contributed by atoms with Crippen LogP contribution in [0.4, 0.5) is 0 Å². The maximum atomic E-state index is 6.01. The maximum absolute atomic E-state index is 6.01. The zero-order valence-corrected chi connectivity index (χ0v) is 12.3. The highest BCUT2D eigenvalue weighted by Crippen LogP contribution is 2.32. The summed E-state index contributed by atoms with van der Waals surface area (Å²) >= 11 is 0. The Bertz CT molecular complexity index is 397. The minimum absolute atomic E-state index is 0.323. The first-order valence-electron chi connectivity index (χ1n) is 7.26. The third kappa shape index (κ3) is 3.28. The van der Waals surface area contributed by atoms with Crippen molar-refractivity contribution in [1.82, 2.24) is 4.90 Å². The van der Waals surface area contributed by atoms with Crippen LogP contribution in [0.15, 0.2) is 24.3 Å². The summed E-state index contributed by atoms with van der Waals surface area (Å²) in [5, 5.41) is 0. The lowest BCUT2D eigenvalue weighted by molar-refractivity contribution is 0.131. The molecule has 1 aromatic rings. The molecule has 2 rings (SSSR count). The van der Waals surface area contributed by atoms with Crippen molar-refractivity contribution in [3.8, 4) is 5.75 Å². The molecule has 0 aromatic heterocycles. The Morgan fingerprint density at radius 3 is 2.42 bits per heavy atom. The Labute approximate surface area is 116 Å². The average molecular weight is 262 g/mol. The van der Waals surface area contributed by atoms with Crippen LogP contribution in [0.2, 0.25) is 0 Å². The lowest BCUT2D eigenvalue weighted by atomic mass is 9.89. The van der Waals surface area contributed by atoms with Crippen molar-refractivity contribution in [2.75, 3.05) is 20.2 Å². The summed E-state index contributed by atoms with van der Waals surface area (Å²) in [7, 11) is 1.74. The number of piperidine rings is 1. The van der Waals surface area contributed by atoms with Crippen molar-refractivity contribution >= 4 is 0 Å². The highest BCUT2D eigenvalue weighted by Gasteiger charge is 2.26. The molecule has 0 aliphatic carbocycles. The van der Waals surface area contributed by atoms with Crippen molar-refractivity contribution in [1.29, 1.82) is 0 Å². The standard InChI is InChI=1S/C16H26N2O/c1-12(17)14-8-10-18(11-9-14)13(2)15-6-4-5-7-16(15)19-3/h4-7,12-14H,8-11,17H2,1-3H3. The van der Waals surface area contributed by atoms with Gasteiger partial charge in [0.25, 0.3) is 0 Å². The number of nitrogens with two attached hydrogens (primary N) is 1. The topological polar surface area (TPSA) is 38.5 Å². The van der Waals surface area contributed by atoms with Gasteiger partial charge in [0.15, 0.2) is 0 Å². The second-order valence-electron chi connectivity index (χ2n) is 5.65. The van der Waals surface area contributed by atoms with Gasteiger partial charge in [0, 0.05) is 17.6 Å². The van der Waals surface area contributed by atoms with E-state index in [1.807, 2.05) is 12.1 Å². The van der Waals surface area contributed by atoms with Crippen LogP contribution < -0.4 is 10.5 Å². The van der Waals surface area contributed by atoms with E-state index in [0.29, 0.717) is 18.0 Å². The Morgan fingerprint density at radius 1 is 1.21 bits per heavy atom. The van der Waals surface area contributed by atoms with Gasteiger partial charge in [-0.1, -0.05) is 18.2 Å². The molecule has 1 fully saturated rings. The quantitative estimate of drug-likeness (QED) is 0.907. The number of ether oxygens (including phenoxy) is 1.